The number of amides is 1. The van der Waals surface area contributed by atoms with Gasteiger partial charge in [-0.2, -0.15) is 0 Å². The van der Waals surface area contributed by atoms with Gasteiger partial charge in [0.05, 0.1) is 5.56 Å². The Balaban J connectivity index is 2.66. The van der Waals surface area contributed by atoms with Crippen molar-refractivity contribution in [3.63, 3.8) is 0 Å². The Bertz CT molecular complexity index is 486. The number of hydrogen-bond acceptors (Lipinski definition) is 2. The Hall–Kier alpha value is -2.02. The van der Waals surface area contributed by atoms with Gasteiger partial charge < -0.3 is 11.1 Å². The van der Waals surface area contributed by atoms with Crippen LogP contribution in [0, 0.1) is 24.6 Å². The minimum absolute atomic E-state index is 0.0960. The van der Waals surface area contributed by atoms with Crippen molar-refractivity contribution in [1.82, 2.24) is 5.32 Å². The number of nitrogens with one attached hydrogen (secondary N) is 1. The number of benzene rings is 1. The fraction of sp³-hybridized carbons (Fsp3) is 0.308. The molecule has 90 valence electrons. The molecule has 4 heteroatoms. The van der Waals surface area contributed by atoms with Crippen molar-refractivity contribution in [3.8, 4) is 11.8 Å². The summed E-state index contributed by atoms with van der Waals surface area (Å²) in [6, 6.07) is 2.89. The van der Waals surface area contributed by atoms with E-state index in [4.69, 9.17) is 5.73 Å². The maximum absolute atomic E-state index is 13.4. The topological polar surface area (TPSA) is 55.1 Å². The van der Waals surface area contributed by atoms with Crippen molar-refractivity contribution in [1.29, 1.82) is 0 Å². The third kappa shape index (κ3) is 4.15. The van der Waals surface area contributed by atoms with Gasteiger partial charge in [-0.05, 0) is 24.6 Å². The van der Waals surface area contributed by atoms with Crippen LogP contribution in [-0.4, -0.2) is 12.5 Å². The van der Waals surface area contributed by atoms with Gasteiger partial charge in [-0.15, -0.1) is 0 Å². The first-order chi connectivity index (χ1) is 8.00. The predicted molar refractivity (Wildman–Crippen MR) is 65.7 cm³/mol. The van der Waals surface area contributed by atoms with Gasteiger partial charge >= 0.3 is 0 Å². The van der Waals surface area contributed by atoms with Crippen LogP contribution >= 0.6 is 0 Å². The van der Waals surface area contributed by atoms with Gasteiger partial charge in [0.1, 0.15) is 5.82 Å². The molecule has 0 spiro atoms. The van der Waals surface area contributed by atoms with E-state index in [1.54, 1.807) is 13.0 Å². The fourth-order valence-electron chi connectivity index (χ4n) is 1.25. The molecule has 3 nitrogen and oxygen atoms in total. The van der Waals surface area contributed by atoms with Crippen LogP contribution in [0.4, 0.5) is 10.1 Å². The summed E-state index contributed by atoms with van der Waals surface area (Å²) in [5, 5.41) is 2.61. The van der Waals surface area contributed by atoms with Gasteiger partial charge in [0.15, 0.2) is 0 Å². The van der Waals surface area contributed by atoms with Gasteiger partial charge in [-0.25, -0.2) is 4.39 Å². The number of nitrogen functional groups attached to an aromatic ring is 1. The second-order valence-electron chi connectivity index (χ2n) is 3.72. The minimum Gasteiger partial charge on any atom is -0.398 e. The Morgan fingerprint density at radius 3 is 2.88 bits per heavy atom. The molecule has 0 bridgehead atoms. The van der Waals surface area contributed by atoms with Crippen LogP contribution < -0.4 is 11.1 Å². The number of halogens is 1. The highest BCUT2D eigenvalue weighted by molar-refractivity contribution is 5.72. The van der Waals surface area contributed by atoms with E-state index in [-0.39, 0.29) is 5.91 Å². The van der Waals surface area contributed by atoms with E-state index in [1.165, 1.54) is 13.0 Å². The molecule has 0 aromatic heterocycles. The second kappa shape index (κ2) is 5.90. The maximum atomic E-state index is 13.4. The Morgan fingerprint density at radius 2 is 2.24 bits per heavy atom. The number of hydrogen-bond donors (Lipinski definition) is 2. The Morgan fingerprint density at radius 1 is 1.53 bits per heavy atom. The minimum atomic E-state index is -0.417. The number of aryl methyl sites for hydroxylation is 1. The monoisotopic (exact) mass is 234 g/mol. The van der Waals surface area contributed by atoms with Crippen LogP contribution in [0.3, 0.4) is 0 Å². The van der Waals surface area contributed by atoms with Crippen LogP contribution in [0.25, 0.3) is 0 Å². The zero-order valence-electron chi connectivity index (χ0n) is 9.93. The van der Waals surface area contributed by atoms with Crippen LogP contribution in [0.2, 0.25) is 0 Å². The molecule has 0 unspecified atom stereocenters. The highest BCUT2D eigenvalue weighted by Crippen LogP contribution is 2.16. The van der Waals surface area contributed by atoms with E-state index in [0.29, 0.717) is 24.2 Å². The highest BCUT2D eigenvalue weighted by Gasteiger charge is 2.02. The first-order valence-electron chi connectivity index (χ1n) is 5.29. The molecule has 0 saturated carbocycles. The quantitative estimate of drug-likeness (QED) is 0.464. The standard InChI is InChI=1S/C13H15FN2O/c1-9-7-11(12(14)8-13(9)15)5-3-4-6-16-10(2)17/h7-8H,4,6,15H2,1-2H3,(H,16,17). The molecule has 0 heterocycles. The van der Waals surface area contributed by atoms with Crippen LogP contribution in [0.5, 0.6) is 0 Å². The third-order valence-electron chi connectivity index (χ3n) is 2.20. The number of nitrogens with two attached hydrogens (primary N) is 1. The maximum Gasteiger partial charge on any atom is 0.216 e. The number of carbonyl (C=O) groups is 1. The highest BCUT2D eigenvalue weighted by atomic mass is 19.1. The summed E-state index contributed by atoms with van der Waals surface area (Å²) in [7, 11) is 0. The molecular formula is C13H15FN2O. The van der Waals surface area contributed by atoms with Crippen molar-refractivity contribution < 1.29 is 9.18 Å². The zero-order chi connectivity index (χ0) is 12.8. The largest absolute Gasteiger partial charge is 0.398 e. The average Bonchev–Trinajstić information content (AvgIpc) is 2.24. The molecule has 1 aromatic carbocycles. The molecule has 0 aliphatic carbocycles. The first-order valence-corrected chi connectivity index (χ1v) is 5.29. The summed E-state index contributed by atoms with van der Waals surface area (Å²) in [5.74, 6) is 5.01. The molecule has 0 atom stereocenters. The lowest BCUT2D eigenvalue weighted by molar-refractivity contribution is -0.118. The molecule has 3 N–H and O–H groups in total. The van der Waals surface area contributed by atoms with Crippen molar-refractivity contribution in [3.05, 3.63) is 29.1 Å². The van der Waals surface area contributed by atoms with E-state index in [2.05, 4.69) is 17.2 Å². The third-order valence-corrected chi connectivity index (χ3v) is 2.20. The lowest BCUT2D eigenvalue weighted by atomic mass is 10.1. The number of rotatable bonds is 2. The molecule has 1 amide bonds. The number of anilines is 1. The lowest BCUT2D eigenvalue weighted by Crippen LogP contribution is -2.20. The van der Waals surface area contributed by atoms with E-state index >= 15 is 0 Å². The van der Waals surface area contributed by atoms with Crippen molar-refractivity contribution in [2.24, 2.45) is 0 Å². The molecule has 0 aliphatic rings. The van der Waals surface area contributed by atoms with Crippen LogP contribution in [0.15, 0.2) is 12.1 Å². The molecule has 1 aromatic rings. The summed E-state index contributed by atoms with van der Waals surface area (Å²) in [6.45, 7) is 3.71. The van der Waals surface area contributed by atoms with E-state index < -0.39 is 5.82 Å². The summed E-state index contributed by atoms with van der Waals surface area (Å²) in [6.07, 6.45) is 0.489. The lowest BCUT2D eigenvalue weighted by Gasteiger charge is -2.01. The Labute approximate surface area is 100 Å². The van der Waals surface area contributed by atoms with Gasteiger partial charge in [0.2, 0.25) is 5.91 Å². The summed E-state index contributed by atoms with van der Waals surface area (Å²) < 4.78 is 13.4. The molecule has 0 radical (unpaired) electrons. The summed E-state index contributed by atoms with van der Waals surface area (Å²) in [5.41, 5.74) is 7.12. The van der Waals surface area contributed by atoms with Gasteiger partial charge in [-0.1, -0.05) is 11.8 Å². The van der Waals surface area contributed by atoms with Crippen molar-refractivity contribution in [2.45, 2.75) is 20.3 Å². The average molecular weight is 234 g/mol. The van der Waals surface area contributed by atoms with Crippen LogP contribution in [0.1, 0.15) is 24.5 Å². The smallest absolute Gasteiger partial charge is 0.216 e. The molecule has 1 rings (SSSR count). The van der Waals surface area contributed by atoms with E-state index in [9.17, 15) is 9.18 Å². The molecule has 0 aliphatic heterocycles. The fourth-order valence-corrected chi connectivity index (χ4v) is 1.25. The summed E-state index contributed by atoms with van der Waals surface area (Å²) >= 11 is 0. The van der Waals surface area contributed by atoms with Gasteiger partial charge in [0, 0.05) is 25.6 Å². The van der Waals surface area contributed by atoms with Crippen molar-refractivity contribution >= 4 is 11.6 Å². The zero-order valence-corrected chi connectivity index (χ0v) is 9.93. The summed E-state index contributed by atoms with van der Waals surface area (Å²) in [4.78, 5) is 10.6. The normalized spacial score (nSPS) is 9.35. The van der Waals surface area contributed by atoms with Gasteiger partial charge in [-0.3, -0.25) is 4.79 Å². The Kier molecular flexibility index (Phi) is 4.53. The van der Waals surface area contributed by atoms with Crippen LogP contribution in [-0.2, 0) is 4.79 Å². The second-order valence-corrected chi connectivity index (χ2v) is 3.72. The number of carbonyl (C=O) groups excluding carboxylic acids is 1. The predicted octanol–water partition coefficient (Wildman–Crippen LogP) is 1.59. The molecule has 17 heavy (non-hydrogen) atoms. The molecule has 0 saturated heterocycles. The first kappa shape index (κ1) is 13.0. The van der Waals surface area contributed by atoms with E-state index in [1.807, 2.05) is 0 Å². The molecule has 0 fully saturated rings. The van der Waals surface area contributed by atoms with Gasteiger partial charge in [0.25, 0.3) is 0 Å². The molecular weight excluding hydrogens is 219 g/mol. The van der Waals surface area contributed by atoms with Crippen molar-refractivity contribution in [2.75, 3.05) is 12.3 Å². The van der Waals surface area contributed by atoms with E-state index in [0.717, 1.165) is 5.56 Å². The SMILES string of the molecule is CC(=O)NCCC#Cc1cc(C)c(N)cc1F.